The largest absolute Gasteiger partial charge is 0.496 e. The number of aryl methyl sites for hydroxylation is 1. The predicted molar refractivity (Wildman–Crippen MR) is 154 cm³/mol. The van der Waals surface area contributed by atoms with Gasteiger partial charge in [-0.25, -0.2) is 5.06 Å². The first-order valence-electron chi connectivity index (χ1n) is 14.7. The summed E-state index contributed by atoms with van der Waals surface area (Å²) < 4.78 is 10.6. The van der Waals surface area contributed by atoms with Gasteiger partial charge in [0, 0.05) is 17.5 Å². The Labute approximate surface area is 254 Å². The number of hydrogen-bond acceptors (Lipinski definition) is 10. The van der Waals surface area contributed by atoms with Gasteiger partial charge in [0.25, 0.3) is 5.89 Å². The highest BCUT2D eigenvalue weighted by molar-refractivity contribution is 5.95. The van der Waals surface area contributed by atoms with E-state index in [2.05, 4.69) is 20.8 Å². The number of carboxylic acids is 1. The SMILES string of the molecule is COc1ccc(-c2nc(C)no2)cc1CC(=O)N[C@H](C(=O)N[C@@H](CC(=O)O)C(=O)CON1C(=O)CC2CCCCC21)C(C)C. The highest BCUT2D eigenvalue weighted by atomic mass is 16.7. The molecule has 14 heteroatoms. The molecule has 4 rings (SSSR count). The van der Waals surface area contributed by atoms with Crippen molar-refractivity contribution in [1.82, 2.24) is 25.8 Å². The Balaban J connectivity index is 1.40. The van der Waals surface area contributed by atoms with E-state index in [4.69, 9.17) is 14.1 Å². The Morgan fingerprint density at radius 2 is 1.91 bits per heavy atom. The Hall–Kier alpha value is -4.33. The van der Waals surface area contributed by atoms with E-state index in [0.717, 1.165) is 25.7 Å². The van der Waals surface area contributed by atoms with E-state index in [9.17, 15) is 29.1 Å². The Kier molecular flexibility index (Phi) is 10.7. The zero-order valence-electron chi connectivity index (χ0n) is 25.3. The van der Waals surface area contributed by atoms with Gasteiger partial charge >= 0.3 is 5.97 Å². The summed E-state index contributed by atoms with van der Waals surface area (Å²) in [6.45, 7) is 4.53. The lowest BCUT2D eigenvalue weighted by Crippen LogP contribution is -2.55. The minimum absolute atomic E-state index is 0.104. The highest BCUT2D eigenvalue weighted by Crippen LogP contribution is 2.37. The van der Waals surface area contributed by atoms with Crippen LogP contribution in [0.1, 0.15) is 63.8 Å². The molecule has 44 heavy (non-hydrogen) atoms. The molecule has 3 N–H and O–H groups in total. The van der Waals surface area contributed by atoms with Crippen LogP contribution in [0.2, 0.25) is 0 Å². The van der Waals surface area contributed by atoms with Gasteiger partial charge in [-0.1, -0.05) is 31.8 Å². The summed E-state index contributed by atoms with van der Waals surface area (Å²) in [6.07, 6.45) is 3.21. The van der Waals surface area contributed by atoms with Crippen molar-refractivity contribution in [2.75, 3.05) is 13.7 Å². The lowest BCUT2D eigenvalue weighted by molar-refractivity contribution is -0.194. The fraction of sp³-hybridized carbons (Fsp3) is 0.567. The number of ketones is 1. The van der Waals surface area contributed by atoms with Gasteiger partial charge in [0.05, 0.1) is 26.0 Å². The first-order chi connectivity index (χ1) is 21.0. The number of fused-ring (bicyclic) bond motifs is 1. The maximum atomic E-state index is 13.3. The maximum Gasteiger partial charge on any atom is 0.305 e. The van der Waals surface area contributed by atoms with Gasteiger partial charge in [0.1, 0.15) is 24.4 Å². The number of benzene rings is 1. The van der Waals surface area contributed by atoms with E-state index in [1.54, 1.807) is 39.0 Å². The predicted octanol–water partition coefficient (Wildman–Crippen LogP) is 1.99. The van der Waals surface area contributed by atoms with E-state index in [1.165, 1.54) is 12.2 Å². The molecule has 0 spiro atoms. The minimum atomic E-state index is -1.42. The zero-order valence-corrected chi connectivity index (χ0v) is 25.3. The van der Waals surface area contributed by atoms with Crippen LogP contribution in [0.5, 0.6) is 5.75 Å². The van der Waals surface area contributed by atoms with Gasteiger partial charge in [0.15, 0.2) is 11.6 Å². The number of hydrogen-bond donors (Lipinski definition) is 3. The van der Waals surface area contributed by atoms with Crippen molar-refractivity contribution in [2.24, 2.45) is 11.8 Å². The smallest absolute Gasteiger partial charge is 0.305 e. The van der Waals surface area contributed by atoms with Crippen LogP contribution in [0.25, 0.3) is 11.5 Å². The molecule has 2 aromatic rings. The number of nitrogens with one attached hydrogen (secondary N) is 2. The fourth-order valence-electron chi connectivity index (χ4n) is 5.71. The number of carboxylic acid groups (broad SMARTS) is 1. The summed E-state index contributed by atoms with van der Waals surface area (Å²) >= 11 is 0. The second kappa shape index (κ2) is 14.4. The van der Waals surface area contributed by atoms with Crippen LogP contribution < -0.4 is 15.4 Å². The highest BCUT2D eigenvalue weighted by Gasteiger charge is 2.42. The van der Waals surface area contributed by atoms with Gasteiger partial charge in [-0.2, -0.15) is 4.98 Å². The van der Waals surface area contributed by atoms with E-state index in [0.29, 0.717) is 29.1 Å². The molecule has 3 amide bonds. The van der Waals surface area contributed by atoms with Gasteiger partial charge in [-0.05, 0) is 49.8 Å². The van der Waals surface area contributed by atoms with Crippen LogP contribution in [0, 0.1) is 18.8 Å². The molecule has 1 saturated heterocycles. The van der Waals surface area contributed by atoms with Crippen LogP contribution in [-0.2, 0) is 35.2 Å². The number of rotatable bonds is 14. The van der Waals surface area contributed by atoms with Gasteiger partial charge in [-0.15, -0.1) is 0 Å². The molecular weight excluding hydrogens is 574 g/mol. The van der Waals surface area contributed by atoms with Crippen molar-refractivity contribution in [3.63, 3.8) is 0 Å². The van der Waals surface area contributed by atoms with Crippen LogP contribution in [0.3, 0.4) is 0 Å². The van der Waals surface area contributed by atoms with Crippen LogP contribution in [-0.4, -0.2) is 81.6 Å². The molecule has 14 nitrogen and oxygen atoms in total. The summed E-state index contributed by atoms with van der Waals surface area (Å²) in [5, 5.41) is 19.6. The molecule has 1 aliphatic heterocycles. The third-order valence-corrected chi connectivity index (χ3v) is 7.95. The summed E-state index contributed by atoms with van der Waals surface area (Å²) in [4.78, 5) is 73.3. The number of methoxy groups -OCH3 is 1. The quantitative estimate of drug-likeness (QED) is 0.282. The molecule has 1 saturated carbocycles. The molecule has 1 aliphatic carbocycles. The summed E-state index contributed by atoms with van der Waals surface area (Å²) in [6, 6.07) is 2.45. The standard InChI is InChI=1S/C30H39N5O9/c1-16(2)28(33-25(37)12-20-11-19(9-10-24(20)42-4)30-31-17(3)34-44-30)29(41)32-21(14-27(39)40)23(36)15-43-35-22-8-6-5-7-18(22)13-26(35)38/h9-11,16,18,21-22,28H,5-8,12-15H2,1-4H3,(H,32,41)(H,33,37)(H,39,40)/t18?,21-,22?,28-/m0/s1. The fourth-order valence-corrected chi connectivity index (χ4v) is 5.71. The van der Waals surface area contributed by atoms with Crippen LogP contribution in [0.15, 0.2) is 22.7 Å². The third kappa shape index (κ3) is 7.98. The zero-order chi connectivity index (χ0) is 32.0. The Bertz CT molecular complexity index is 1390. The van der Waals surface area contributed by atoms with E-state index >= 15 is 0 Å². The van der Waals surface area contributed by atoms with Crippen molar-refractivity contribution >= 4 is 29.5 Å². The number of aliphatic carboxylic acids is 1. The molecule has 0 bridgehead atoms. The second-order valence-corrected chi connectivity index (χ2v) is 11.6. The monoisotopic (exact) mass is 613 g/mol. The number of aromatic nitrogens is 2. The minimum Gasteiger partial charge on any atom is -0.496 e. The number of carbonyl (C=O) groups excluding carboxylic acids is 4. The van der Waals surface area contributed by atoms with Crippen LogP contribution in [0.4, 0.5) is 0 Å². The van der Waals surface area contributed by atoms with Gasteiger partial charge in [0.2, 0.25) is 17.7 Å². The maximum absolute atomic E-state index is 13.3. The lowest BCUT2D eigenvalue weighted by atomic mass is 9.85. The topological polar surface area (TPSA) is 190 Å². The second-order valence-electron chi connectivity index (χ2n) is 11.6. The number of hydroxylamine groups is 2. The molecule has 0 radical (unpaired) electrons. The number of carbonyl (C=O) groups is 5. The molecule has 1 aromatic carbocycles. The normalized spacial score (nSPS) is 19.3. The van der Waals surface area contributed by atoms with Gasteiger partial charge in [-0.3, -0.25) is 28.8 Å². The summed E-state index contributed by atoms with van der Waals surface area (Å²) in [5.74, 6) is -2.49. The van der Waals surface area contributed by atoms with Gasteiger partial charge < -0.3 is 25.0 Å². The molecule has 2 heterocycles. The number of amides is 3. The molecule has 2 aliphatic rings. The summed E-state index contributed by atoms with van der Waals surface area (Å²) in [5.41, 5.74) is 1.09. The summed E-state index contributed by atoms with van der Waals surface area (Å²) in [7, 11) is 1.47. The molecule has 238 valence electrons. The van der Waals surface area contributed by atoms with Crippen molar-refractivity contribution in [3.05, 3.63) is 29.6 Å². The van der Waals surface area contributed by atoms with E-state index in [-0.39, 0.29) is 30.2 Å². The average Bonchev–Trinajstić information content (AvgIpc) is 3.55. The van der Waals surface area contributed by atoms with E-state index in [1.807, 2.05) is 0 Å². The lowest BCUT2D eigenvalue weighted by Gasteiger charge is -2.30. The van der Waals surface area contributed by atoms with Crippen LogP contribution >= 0.6 is 0 Å². The van der Waals surface area contributed by atoms with E-state index < -0.39 is 54.6 Å². The van der Waals surface area contributed by atoms with Crippen molar-refractivity contribution < 1.29 is 43.2 Å². The first-order valence-corrected chi connectivity index (χ1v) is 14.7. The molecule has 2 unspecified atom stereocenters. The average molecular weight is 614 g/mol. The molecule has 4 atom stereocenters. The van der Waals surface area contributed by atoms with Crippen molar-refractivity contribution in [2.45, 2.75) is 83.8 Å². The molecule has 2 fully saturated rings. The van der Waals surface area contributed by atoms with Crippen molar-refractivity contribution in [3.8, 4) is 17.2 Å². The Morgan fingerprint density at radius 1 is 1.16 bits per heavy atom. The van der Waals surface area contributed by atoms with Crippen molar-refractivity contribution in [1.29, 1.82) is 0 Å². The Morgan fingerprint density at radius 3 is 2.57 bits per heavy atom. The number of nitrogens with zero attached hydrogens (tertiary/aromatic N) is 3. The third-order valence-electron chi connectivity index (χ3n) is 7.95. The molecule has 1 aromatic heterocycles. The first kappa shape index (κ1) is 32.6. The number of ether oxygens (including phenoxy) is 1. The number of Topliss-reactive ketones (excluding diaryl/α,β-unsaturated/α-hetero) is 1. The molecular formula is C30H39N5O9.